The molecule has 1 heterocycles. The summed E-state index contributed by atoms with van der Waals surface area (Å²) in [7, 11) is 1.65. The van der Waals surface area contributed by atoms with Crippen LogP contribution in [-0.2, 0) is 6.42 Å². The molecule has 1 atom stereocenters. The molecular formula is C11H12BrN3OS. The number of nitrogens with two attached hydrogens (primary N) is 1. The van der Waals surface area contributed by atoms with Crippen LogP contribution >= 0.6 is 27.5 Å². The van der Waals surface area contributed by atoms with Crippen LogP contribution in [0.3, 0.4) is 0 Å². The van der Waals surface area contributed by atoms with Crippen LogP contribution in [0, 0.1) is 0 Å². The number of benzene rings is 1. The number of rotatable bonds is 4. The third-order valence-corrected chi connectivity index (χ3v) is 3.83. The van der Waals surface area contributed by atoms with E-state index < -0.39 is 0 Å². The lowest BCUT2D eigenvalue weighted by Crippen LogP contribution is -2.11. The summed E-state index contributed by atoms with van der Waals surface area (Å²) < 4.78 is 9.93. The van der Waals surface area contributed by atoms with Crippen molar-refractivity contribution in [2.45, 2.75) is 12.5 Å². The zero-order valence-electron chi connectivity index (χ0n) is 9.26. The summed E-state index contributed by atoms with van der Waals surface area (Å²) >= 11 is 4.80. The summed E-state index contributed by atoms with van der Waals surface area (Å²) in [6.45, 7) is 0. The summed E-state index contributed by atoms with van der Waals surface area (Å²) in [4.78, 5) is 0.997. The Balaban J connectivity index is 2.11. The Labute approximate surface area is 112 Å². The molecule has 6 heteroatoms. The van der Waals surface area contributed by atoms with Gasteiger partial charge in [-0.25, -0.2) is 0 Å². The first-order valence-electron chi connectivity index (χ1n) is 5.06. The standard InChI is InChI=1S/C11H12BrN3OS/c1-16-10-3-2-7(4-8(10)12)5-9(13)11-6-14-15-17-11/h2-4,6,9H,5,13H2,1H3. The van der Waals surface area contributed by atoms with Crippen LogP contribution in [0.4, 0.5) is 0 Å². The third kappa shape index (κ3) is 3.02. The molecule has 1 aromatic carbocycles. The highest BCUT2D eigenvalue weighted by Gasteiger charge is 2.10. The summed E-state index contributed by atoms with van der Waals surface area (Å²) in [5.41, 5.74) is 7.23. The predicted octanol–water partition coefficient (Wildman–Crippen LogP) is 2.55. The van der Waals surface area contributed by atoms with E-state index in [1.54, 1.807) is 13.3 Å². The molecule has 2 rings (SSSR count). The monoisotopic (exact) mass is 313 g/mol. The van der Waals surface area contributed by atoms with Crippen LogP contribution in [-0.4, -0.2) is 16.7 Å². The molecule has 0 saturated carbocycles. The Kier molecular flexibility index (Phi) is 4.09. The molecule has 4 nitrogen and oxygen atoms in total. The predicted molar refractivity (Wildman–Crippen MR) is 71.2 cm³/mol. The first-order valence-corrected chi connectivity index (χ1v) is 6.62. The van der Waals surface area contributed by atoms with Gasteiger partial charge in [-0.2, -0.15) is 0 Å². The second-order valence-corrected chi connectivity index (χ2v) is 5.27. The van der Waals surface area contributed by atoms with E-state index >= 15 is 0 Å². The molecule has 1 aromatic heterocycles. The second kappa shape index (κ2) is 5.57. The van der Waals surface area contributed by atoms with Crippen molar-refractivity contribution >= 4 is 27.5 Å². The number of nitrogens with zero attached hydrogens (tertiary/aromatic N) is 2. The fourth-order valence-corrected chi connectivity index (χ4v) is 2.62. The highest BCUT2D eigenvalue weighted by Crippen LogP contribution is 2.27. The van der Waals surface area contributed by atoms with E-state index in [1.165, 1.54) is 11.5 Å². The zero-order chi connectivity index (χ0) is 12.3. The zero-order valence-corrected chi connectivity index (χ0v) is 11.7. The molecule has 2 aromatic rings. The largest absolute Gasteiger partial charge is 0.496 e. The highest BCUT2D eigenvalue weighted by molar-refractivity contribution is 9.10. The maximum atomic E-state index is 6.08. The molecule has 0 aliphatic carbocycles. The van der Waals surface area contributed by atoms with E-state index in [9.17, 15) is 0 Å². The maximum Gasteiger partial charge on any atom is 0.133 e. The molecule has 0 fully saturated rings. The van der Waals surface area contributed by atoms with Crippen LogP contribution in [0.1, 0.15) is 16.5 Å². The molecule has 0 aliphatic rings. The smallest absolute Gasteiger partial charge is 0.133 e. The number of ether oxygens (including phenoxy) is 1. The Morgan fingerprint density at radius 1 is 1.53 bits per heavy atom. The SMILES string of the molecule is COc1ccc(CC(N)c2cnns2)cc1Br. The lowest BCUT2D eigenvalue weighted by Gasteiger charge is -2.10. The highest BCUT2D eigenvalue weighted by atomic mass is 79.9. The van der Waals surface area contributed by atoms with Gasteiger partial charge in [0.2, 0.25) is 0 Å². The lowest BCUT2D eigenvalue weighted by atomic mass is 10.1. The van der Waals surface area contributed by atoms with Crippen LogP contribution in [0.5, 0.6) is 5.75 Å². The van der Waals surface area contributed by atoms with Crippen LogP contribution in [0.25, 0.3) is 0 Å². The summed E-state index contributed by atoms with van der Waals surface area (Å²) in [6, 6.07) is 5.90. The average Bonchev–Trinajstić information content (AvgIpc) is 2.82. The van der Waals surface area contributed by atoms with Gasteiger partial charge in [-0.05, 0) is 51.6 Å². The van der Waals surface area contributed by atoms with E-state index in [4.69, 9.17) is 10.5 Å². The van der Waals surface area contributed by atoms with Gasteiger partial charge in [-0.1, -0.05) is 10.6 Å². The summed E-state index contributed by atoms with van der Waals surface area (Å²) in [6.07, 6.45) is 2.47. The molecule has 1 unspecified atom stereocenters. The van der Waals surface area contributed by atoms with Crippen molar-refractivity contribution in [1.29, 1.82) is 0 Å². The number of hydrogen-bond acceptors (Lipinski definition) is 5. The van der Waals surface area contributed by atoms with Crippen LogP contribution in [0.2, 0.25) is 0 Å². The van der Waals surface area contributed by atoms with Gasteiger partial charge in [0, 0.05) is 6.04 Å². The number of aromatic nitrogens is 2. The molecule has 0 spiro atoms. The Hall–Kier alpha value is -0.980. The average molecular weight is 314 g/mol. The minimum absolute atomic E-state index is 0.0599. The van der Waals surface area contributed by atoms with E-state index in [0.717, 1.165) is 27.1 Å². The van der Waals surface area contributed by atoms with E-state index in [-0.39, 0.29) is 6.04 Å². The minimum atomic E-state index is -0.0599. The first kappa shape index (κ1) is 12.5. The van der Waals surface area contributed by atoms with Crippen molar-refractivity contribution < 1.29 is 4.74 Å². The molecule has 17 heavy (non-hydrogen) atoms. The Bertz CT molecular complexity index is 489. The van der Waals surface area contributed by atoms with Gasteiger partial charge in [0.05, 0.1) is 22.7 Å². The topological polar surface area (TPSA) is 61.0 Å². The van der Waals surface area contributed by atoms with Gasteiger partial charge in [0.15, 0.2) is 0 Å². The van der Waals surface area contributed by atoms with E-state index in [0.29, 0.717) is 0 Å². The van der Waals surface area contributed by atoms with Crippen molar-refractivity contribution in [2.24, 2.45) is 5.73 Å². The van der Waals surface area contributed by atoms with Crippen LogP contribution < -0.4 is 10.5 Å². The minimum Gasteiger partial charge on any atom is -0.496 e. The van der Waals surface area contributed by atoms with Gasteiger partial charge in [0.1, 0.15) is 5.75 Å². The van der Waals surface area contributed by atoms with Crippen molar-refractivity contribution in [1.82, 2.24) is 9.59 Å². The molecular weight excluding hydrogens is 302 g/mol. The van der Waals surface area contributed by atoms with Gasteiger partial charge in [0.25, 0.3) is 0 Å². The number of methoxy groups -OCH3 is 1. The van der Waals surface area contributed by atoms with Crippen molar-refractivity contribution in [3.63, 3.8) is 0 Å². The van der Waals surface area contributed by atoms with Gasteiger partial charge in [-0.15, -0.1) is 5.10 Å². The normalized spacial score (nSPS) is 12.4. The summed E-state index contributed by atoms with van der Waals surface area (Å²) in [5.74, 6) is 0.821. The quantitative estimate of drug-likeness (QED) is 0.942. The molecule has 0 amide bonds. The fourth-order valence-electron chi connectivity index (χ4n) is 1.53. The molecule has 90 valence electrons. The molecule has 0 aliphatic heterocycles. The maximum absolute atomic E-state index is 6.08. The molecule has 0 bridgehead atoms. The molecule has 0 radical (unpaired) electrons. The Morgan fingerprint density at radius 2 is 2.35 bits per heavy atom. The van der Waals surface area contributed by atoms with Crippen molar-refractivity contribution in [3.8, 4) is 5.75 Å². The summed E-state index contributed by atoms with van der Waals surface area (Å²) in [5, 5.41) is 3.79. The van der Waals surface area contributed by atoms with E-state index in [2.05, 4.69) is 25.5 Å². The van der Waals surface area contributed by atoms with Crippen LogP contribution in [0.15, 0.2) is 28.9 Å². The Morgan fingerprint density at radius 3 is 2.94 bits per heavy atom. The van der Waals surface area contributed by atoms with Gasteiger partial charge >= 0.3 is 0 Å². The van der Waals surface area contributed by atoms with Crippen molar-refractivity contribution in [3.05, 3.63) is 39.3 Å². The van der Waals surface area contributed by atoms with Gasteiger partial charge < -0.3 is 10.5 Å². The fraction of sp³-hybridized carbons (Fsp3) is 0.273. The molecule has 2 N–H and O–H groups in total. The van der Waals surface area contributed by atoms with E-state index in [1.807, 2.05) is 18.2 Å². The number of halogens is 1. The van der Waals surface area contributed by atoms with Gasteiger partial charge in [-0.3, -0.25) is 0 Å². The number of hydrogen-bond donors (Lipinski definition) is 1. The second-order valence-electron chi connectivity index (χ2n) is 3.60. The first-order chi connectivity index (χ1) is 8.20. The lowest BCUT2D eigenvalue weighted by molar-refractivity contribution is 0.412. The molecule has 0 saturated heterocycles. The van der Waals surface area contributed by atoms with Crippen molar-refractivity contribution in [2.75, 3.05) is 7.11 Å². The third-order valence-electron chi connectivity index (χ3n) is 2.42.